The van der Waals surface area contributed by atoms with Crippen molar-refractivity contribution in [3.63, 3.8) is 0 Å². The van der Waals surface area contributed by atoms with E-state index in [1.807, 2.05) is 32.0 Å². The van der Waals surface area contributed by atoms with Gasteiger partial charge in [0.15, 0.2) is 0 Å². The first-order valence-electron chi connectivity index (χ1n) is 7.16. The molecule has 0 saturated carbocycles. The molecule has 1 aromatic carbocycles. The maximum Gasteiger partial charge on any atom is 0.239 e. The molecule has 2 N–H and O–H groups in total. The highest BCUT2D eigenvalue weighted by molar-refractivity contribution is 5.81. The first-order valence-corrected chi connectivity index (χ1v) is 7.16. The molecule has 0 heterocycles. The minimum Gasteiger partial charge on any atom is -0.377 e. The van der Waals surface area contributed by atoms with Crippen molar-refractivity contribution in [3.05, 3.63) is 35.9 Å². The van der Waals surface area contributed by atoms with Crippen LogP contribution in [0.3, 0.4) is 0 Å². The van der Waals surface area contributed by atoms with E-state index in [0.29, 0.717) is 19.6 Å². The zero-order valence-corrected chi connectivity index (χ0v) is 12.7. The lowest BCUT2D eigenvalue weighted by molar-refractivity contribution is -0.132. The molecule has 0 aliphatic carbocycles. The molecular weight excluding hydrogens is 252 g/mol. The van der Waals surface area contributed by atoms with Crippen LogP contribution in [0.4, 0.5) is 0 Å². The largest absolute Gasteiger partial charge is 0.377 e. The highest BCUT2D eigenvalue weighted by Gasteiger charge is 2.17. The van der Waals surface area contributed by atoms with E-state index in [9.17, 15) is 4.79 Å². The summed E-state index contributed by atoms with van der Waals surface area (Å²) in [5, 5.41) is 0. The van der Waals surface area contributed by atoms with Crippen LogP contribution >= 0.6 is 0 Å². The second-order valence-corrected chi connectivity index (χ2v) is 5.31. The number of aryl methyl sites for hydroxylation is 1. The van der Waals surface area contributed by atoms with Gasteiger partial charge in [-0.15, -0.1) is 0 Å². The van der Waals surface area contributed by atoms with Gasteiger partial charge in [-0.2, -0.15) is 0 Å². The first kappa shape index (κ1) is 16.7. The summed E-state index contributed by atoms with van der Waals surface area (Å²) >= 11 is 0. The molecule has 1 atom stereocenters. The van der Waals surface area contributed by atoms with Gasteiger partial charge in [0.25, 0.3) is 0 Å². The Morgan fingerprint density at radius 1 is 1.30 bits per heavy atom. The third-order valence-corrected chi connectivity index (χ3v) is 3.16. The number of likely N-dealkylation sites (N-methyl/N-ethyl adjacent to an activating group) is 1. The SMILES string of the molecule is CC(C)OCCN(C)C(=O)[C@@H](N)CCc1ccccc1. The first-order chi connectivity index (χ1) is 9.50. The molecule has 0 radical (unpaired) electrons. The lowest BCUT2D eigenvalue weighted by Gasteiger charge is -2.21. The average Bonchev–Trinajstić information content (AvgIpc) is 2.44. The normalized spacial score (nSPS) is 12.4. The van der Waals surface area contributed by atoms with E-state index in [-0.39, 0.29) is 12.0 Å². The van der Waals surface area contributed by atoms with E-state index in [2.05, 4.69) is 12.1 Å². The number of nitrogens with zero attached hydrogens (tertiary/aromatic N) is 1. The van der Waals surface area contributed by atoms with Crippen LogP contribution in [0, 0.1) is 0 Å². The average molecular weight is 278 g/mol. The molecule has 0 spiro atoms. The zero-order chi connectivity index (χ0) is 15.0. The minimum atomic E-state index is -0.445. The number of benzene rings is 1. The number of ether oxygens (including phenoxy) is 1. The van der Waals surface area contributed by atoms with Crippen LogP contribution in [0.15, 0.2) is 30.3 Å². The van der Waals surface area contributed by atoms with Crippen molar-refractivity contribution in [1.82, 2.24) is 4.90 Å². The number of hydrogen-bond acceptors (Lipinski definition) is 3. The standard InChI is InChI=1S/C16H26N2O2/c1-13(2)20-12-11-18(3)16(19)15(17)10-9-14-7-5-4-6-8-14/h4-8,13,15H,9-12,17H2,1-3H3/t15-/m0/s1. The summed E-state index contributed by atoms with van der Waals surface area (Å²) in [5.74, 6) is -0.0201. The van der Waals surface area contributed by atoms with Crippen LogP contribution in [0.5, 0.6) is 0 Å². The predicted octanol–water partition coefficient (Wildman–Crippen LogP) is 1.83. The summed E-state index contributed by atoms with van der Waals surface area (Å²) in [4.78, 5) is 13.7. The Morgan fingerprint density at radius 2 is 1.95 bits per heavy atom. The maximum atomic E-state index is 12.1. The van der Waals surface area contributed by atoms with Crippen LogP contribution in [0.1, 0.15) is 25.8 Å². The fourth-order valence-electron chi connectivity index (χ4n) is 1.91. The number of carbonyl (C=O) groups excluding carboxylic acids is 1. The van der Waals surface area contributed by atoms with E-state index >= 15 is 0 Å². The fraction of sp³-hybridized carbons (Fsp3) is 0.562. The number of amides is 1. The minimum absolute atomic E-state index is 0.0201. The molecule has 0 fully saturated rings. The Labute approximate surface area is 121 Å². The zero-order valence-electron chi connectivity index (χ0n) is 12.7. The quantitative estimate of drug-likeness (QED) is 0.789. The van der Waals surface area contributed by atoms with Gasteiger partial charge in [-0.3, -0.25) is 4.79 Å². The number of hydrogen-bond donors (Lipinski definition) is 1. The van der Waals surface area contributed by atoms with Gasteiger partial charge in [-0.25, -0.2) is 0 Å². The molecule has 0 aromatic heterocycles. The van der Waals surface area contributed by atoms with Gasteiger partial charge in [0.2, 0.25) is 5.91 Å². The van der Waals surface area contributed by atoms with Crippen molar-refractivity contribution in [2.24, 2.45) is 5.73 Å². The van der Waals surface area contributed by atoms with Crippen molar-refractivity contribution in [3.8, 4) is 0 Å². The second-order valence-electron chi connectivity index (χ2n) is 5.31. The molecule has 0 aliphatic heterocycles. The smallest absolute Gasteiger partial charge is 0.239 e. The van der Waals surface area contributed by atoms with E-state index in [1.165, 1.54) is 5.56 Å². The third-order valence-electron chi connectivity index (χ3n) is 3.16. The number of carbonyl (C=O) groups is 1. The Morgan fingerprint density at radius 3 is 2.55 bits per heavy atom. The summed E-state index contributed by atoms with van der Waals surface area (Å²) in [6.45, 7) is 5.09. The van der Waals surface area contributed by atoms with Gasteiger partial charge in [-0.05, 0) is 32.3 Å². The van der Waals surface area contributed by atoms with Crippen molar-refractivity contribution in [2.75, 3.05) is 20.2 Å². The molecule has 112 valence electrons. The van der Waals surface area contributed by atoms with Crippen LogP contribution in [0.2, 0.25) is 0 Å². The molecule has 1 amide bonds. The molecular formula is C16H26N2O2. The summed E-state index contributed by atoms with van der Waals surface area (Å²) in [6, 6.07) is 9.64. The number of nitrogens with two attached hydrogens (primary N) is 1. The van der Waals surface area contributed by atoms with Gasteiger partial charge in [0, 0.05) is 13.6 Å². The topological polar surface area (TPSA) is 55.6 Å². The Bertz CT molecular complexity index is 393. The Balaban J connectivity index is 2.31. The highest BCUT2D eigenvalue weighted by atomic mass is 16.5. The van der Waals surface area contributed by atoms with Crippen molar-refractivity contribution < 1.29 is 9.53 Å². The third kappa shape index (κ3) is 6.17. The van der Waals surface area contributed by atoms with Gasteiger partial charge in [-0.1, -0.05) is 30.3 Å². The van der Waals surface area contributed by atoms with Crippen molar-refractivity contribution >= 4 is 5.91 Å². The molecule has 4 nitrogen and oxygen atoms in total. The van der Waals surface area contributed by atoms with E-state index in [1.54, 1.807) is 11.9 Å². The molecule has 0 bridgehead atoms. The number of rotatable bonds is 8. The lowest BCUT2D eigenvalue weighted by atomic mass is 10.1. The van der Waals surface area contributed by atoms with Gasteiger partial charge >= 0.3 is 0 Å². The van der Waals surface area contributed by atoms with E-state index in [0.717, 1.165) is 6.42 Å². The van der Waals surface area contributed by atoms with Crippen molar-refractivity contribution in [2.45, 2.75) is 38.8 Å². The maximum absolute atomic E-state index is 12.1. The predicted molar refractivity (Wildman–Crippen MR) is 81.5 cm³/mol. The van der Waals surface area contributed by atoms with E-state index in [4.69, 9.17) is 10.5 Å². The summed E-state index contributed by atoms with van der Waals surface area (Å²) < 4.78 is 5.44. The van der Waals surface area contributed by atoms with Crippen LogP contribution in [-0.2, 0) is 16.0 Å². The molecule has 1 rings (SSSR count). The monoisotopic (exact) mass is 278 g/mol. The summed E-state index contributed by atoms with van der Waals surface area (Å²) in [6.07, 6.45) is 1.67. The molecule has 0 unspecified atom stereocenters. The molecule has 1 aromatic rings. The Kier molecular flexibility index (Phi) is 7.26. The highest BCUT2D eigenvalue weighted by Crippen LogP contribution is 2.05. The molecule has 4 heteroatoms. The van der Waals surface area contributed by atoms with E-state index < -0.39 is 6.04 Å². The van der Waals surface area contributed by atoms with Crippen molar-refractivity contribution in [1.29, 1.82) is 0 Å². The van der Waals surface area contributed by atoms with Gasteiger partial charge < -0.3 is 15.4 Å². The molecule has 0 saturated heterocycles. The Hall–Kier alpha value is -1.39. The van der Waals surface area contributed by atoms with Gasteiger partial charge in [0.05, 0.1) is 18.8 Å². The molecule has 20 heavy (non-hydrogen) atoms. The van der Waals surface area contributed by atoms with Crippen LogP contribution < -0.4 is 5.73 Å². The van der Waals surface area contributed by atoms with Gasteiger partial charge in [0.1, 0.15) is 0 Å². The second kappa shape index (κ2) is 8.72. The fourth-order valence-corrected chi connectivity index (χ4v) is 1.91. The summed E-state index contributed by atoms with van der Waals surface area (Å²) in [5.41, 5.74) is 7.18. The molecule has 0 aliphatic rings. The van der Waals surface area contributed by atoms with Crippen LogP contribution in [-0.4, -0.2) is 43.2 Å². The van der Waals surface area contributed by atoms with Crippen LogP contribution in [0.25, 0.3) is 0 Å². The summed E-state index contributed by atoms with van der Waals surface area (Å²) in [7, 11) is 1.77. The lowest BCUT2D eigenvalue weighted by Crippen LogP contribution is -2.43.